The molecule has 0 aliphatic carbocycles. The van der Waals surface area contributed by atoms with Crippen LogP contribution < -0.4 is 9.64 Å². The van der Waals surface area contributed by atoms with Crippen molar-refractivity contribution < 1.29 is 14.3 Å². The van der Waals surface area contributed by atoms with Gasteiger partial charge in [0.1, 0.15) is 11.4 Å². The minimum atomic E-state index is -0.348. The zero-order chi connectivity index (χ0) is 23.0. The SMILES string of the molecule is COc1ccccc1C1=C(N(C)C2CCN(C)CC2)C(=O)N(c2ccc(Cl)cc2C)C1=O. The number of carbonyl (C=O) groups excluding carboxylic acids is 2. The van der Waals surface area contributed by atoms with E-state index in [1.54, 1.807) is 25.3 Å². The first kappa shape index (κ1) is 22.4. The van der Waals surface area contributed by atoms with Gasteiger partial charge in [-0.1, -0.05) is 29.8 Å². The fourth-order valence-electron chi connectivity index (χ4n) is 4.59. The lowest BCUT2D eigenvalue weighted by atomic mass is 9.99. The van der Waals surface area contributed by atoms with Crippen LogP contribution in [0.25, 0.3) is 5.57 Å². The number of nitrogens with zero attached hydrogens (tertiary/aromatic N) is 3. The molecule has 0 radical (unpaired) electrons. The van der Waals surface area contributed by atoms with Gasteiger partial charge in [-0.2, -0.15) is 0 Å². The lowest BCUT2D eigenvalue weighted by Crippen LogP contribution is -2.43. The molecule has 0 bridgehead atoms. The first-order valence-electron chi connectivity index (χ1n) is 10.8. The summed E-state index contributed by atoms with van der Waals surface area (Å²) in [5.74, 6) is -0.102. The van der Waals surface area contributed by atoms with Crippen molar-refractivity contribution in [1.29, 1.82) is 0 Å². The molecule has 32 heavy (non-hydrogen) atoms. The van der Waals surface area contributed by atoms with E-state index in [1.165, 1.54) is 4.90 Å². The molecule has 2 amide bonds. The predicted octanol–water partition coefficient (Wildman–Crippen LogP) is 3.97. The number of imide groups is 1. The molecule has 0 aromatic heterocycles. The van der Waals surface area contributed by atoms with Crippen molar-refractivity contribution in [2.45, 2.75) is 25.8 Å². The van der Waals surface area contributed by atoms with Gasteiger partial charge in [0.15, 0.2) is 0 Å². The van der Waals surface area contributed by atoms with E-state index in [4.69, 9.17) is 16.3 Å². The molecule has 4 rings (SSSR count). The van der Waals surface area contributed by atoms with Gasteiger partial charge < -0.3 is 14.5 Å². The number of hydrogen-bond donors (Lipinski definition) is 0. The quantitative estimate of drug-likeness (QED) is 0.641. The second kappa shape index (κ2) is 8.96. The maximum atomic E-state index is 13.8. The third kappa shape index (κ3) is 3.89. The second-order valence-electron chi connectivity index (χ2n) is 8.45. The Balaban J connectivity index is 1.84. The van der Waals surface area contributed by atoms with Crippen LogP contribution in [0, 0.1) is 6.92 Å². The summed E-state index contributed by atoms with van der Waals surface area (Å²) in [7, 11) is 5.59. The average Bonchev–Trinajstić information content (AvgIpc) is 3.04. The van der Waals surface area contributed by atoms with Gasteiger partial charge in [-0.15, -0.1) is 0 Å². The van der Waals surface area contributed by atoms with E-state index >= 15 is 0 Å². The molecular formula is C25H28ClN3O3. The number of carbonyl (C=O) groups is 2. The standard InChI is InChI=1S/C25H28ClN3O3/c1-16-15-17(26)9-10-20(16)29-24(30)22(19-7-5-6-8-21(19)32-4)23(25(29)31)28(3)18-11-13-27(2)14-12-18/h5-10,15,18H,11-14H2,1-4H3. The van der Waals surface area contributed by atoms with Crippen LogP contribution in [-0.2, 0) is 9.59 Å². The highest BCUT2D eigenvalue weighted by molar-refractivity contribution is 6.46. The highest BCUT2D eigenvalue weighted by Crippen LogP contribution is 2.40. The predicted molar refractivity (Wildman–Crippen MR) is 127 cm³/mol. The number of halogens is 1. The summed E-state index contributed by atoms with van der Waals surface area (Å²) < 4.78 is 5.55. The summed E-state index contributed by atoms with van der Waals surface area (Å²) in [6, 6.07) is 12.7. The van der Waals surface area contributed by atoms with Gasteiger partial charge in [0.05, 0.1) is 18.4 Å². The zero-order valence-corrected chi connectivity index (χ0v) is 19.6. The Morgan fingerprint density at radius 2 is 1.75 bits per heavy atom. The van der Waals surface area contributed by atoms with E-state index in [1.807, 2.05) is 43.1 Å². The van der Waals surface area contributed by atoms with Crippen LogP contribution in [0.5, 0.6) is 5.75 Å². The molecule has 1 saturated heterocycles. The van der Waals surface area contributed by atoms with Crippen LogP contribution in [0.1, 0.15) is 24.0 Å². The molecule has 0 spiro atoms. The van der Waals surface area contributed by atoms with Crippen molar-refractivity contribution in [2.24, 2.45) is 0 Å². The maximum absolute atomic E-state index is 13.8. The normalized spacial score (nSPS) is 18.0. The van der Waals surface area contributed by atoms with Gasteiger partial charge in [-0.05, 0) is 69.7 Å². The lowest BCUT2D eigenvalue weighted by Gasteiger charge is -2.36. The minimum Gasteiger partial charge on any atom is -0.496 e. The Morgan fingerprint density at radius 1 is 1.06 bits per heavy atom. The Kier molecular flexibility index (Phi) is 6.26. The summed E-state index contributed by atoms with van der Waals surface area (Å²) in [6.45, 7) is 3.76. The molecule has 0 unspecified atom stereocenters. The van der Waals surface area contributed by atoms with Gasteiger partial charge in [0.25, 0.3) is 11.8 Å². The number of aryl methyl sites for hydroxylation is 1. The van der Waals surface area contributed by atoms with Crippen molar-refractivity contribution >= 4 is 34.7 Å². The highest BCUT2D eigenvalue weighted by Gasteiger charge is 2.44. The van der Waals surface area contributed by atoms with Crippen molar-refractivity contribution in [3.8, 4) is 5.75 Å². The Hall–Kier alpha value is -2.83. The molecule has 2 aromatic carbocycles. The maximum Gasteiger partial charge on any atom is 0.282 e. The lowest BCUT2D eigenvalue weighted by molar-refractivity contribution is -0.120. The Bertz CT molecular complexity index is 1090. The van der Waals surface area contributed by atoms with Gasteiger partial charge in [-0.3, -0.25) is 9.59 Å². The first-order valence-corrected chi connectivity index (χ1v) is 11.1. The Labute approximate surface area is 194 Å². The number of rotatable bonds is 5. The molecule has 2 aliphatic rings. The summed E-state index contributed by atoms with van der Waals surface area (Å²) in [6.07, 6.45) is 1.86. The third-order valence-electron chi connectivity index (χ3n) is 6.42. The number of para-hydroxylation sites is 1. The van der Waals surface area contributed by atoms with Crippen molar-refractivity contribution in [3.63, 3.8) is 0 Å². The fourth-order valence-corrected chi connectivity index (χ4v) is 4.82. The van der Waals surface area contributed by atoms with Gasteiger partial charge in [0.2, 0.25) is 0 Å². The number of piperidine rings is 1. The largest absolute Gasteiger partial charge is 0.496 e. The van der Waals surface area contributed by atoms with Crippen LogP contribution >= 0.6 is 11.6 Å². The number of amides is 2. The number of benzene rings is 2. The molecule has 0 N–H and O–H groups in total. The minimum absolute atomic E-state index is 0.175. The van der Waals surface area contributed by atoms with E-state index < -0.39 is 0 Å². The van der Waals surface area contributed by atoms with Gasteiger partial charge in [0, 0.05) is 23.7 Å². The van der Waals surface area contributed by atoms with E-state index in [0.29, 0.717) is 33.3 Å². The van der Waals surface area contributed by atoms with Crippen LogP contribution in [-0.4, -0.2) is 62.0 Å². The average molecular weight is 454 g/mol. The van der Waals surface area contributed by atoms with Crippen molar-refractivity contribution in [1.82, 2.24) is 9.80 Å². The van der Waals surface area contributed by atoms with Crippen molar-refractivity contribution in [3.05, 3.63) is 64.3 Å². The van der Waals surface area contributed by atoms with E-state index in [2.05, 4.69) is 11.9 Å². The van der Waals surface area contributed by atoms with Gasteiger partial charge >= 0.3 is 0 Å². The summed E-state index contributed by atoms with van der Waals surface area (Å²) in [5.41, 5.74) is 2.73. The molecule has 168 valence electrons. The van der Waals surface area contributed by atoms with Crippen LogP contribution in [0.15, 0.2) is 48.2 Å². The molecule has 7 heteroatoms. The number of likely N-dealkylation sites (tertiary alicyclic amines) is 1. The number of hydrogen-bond acceptors (Lipinski definition) is 5. The first-order chi connectivity index (χ1) is 15.3. The molecule has 0 atom stereocenters. The van der Waals surface area contributed by atoms with E-state index in [9.17, 15) is 9.59 Å². The second-order valence-corrected chi connectivity index (χ2v) is 8.88. The van der Waals surface area contributed by atoms with E-state index in [0.717, 1.165) is 31.5 Å². The van der Waals surface area contributed by atoms with Crippen LogP contribution in [0.4, 0.5) is 5.69 Å². The van der Waals surface area contributed by atoms with Gasteiger partial charge in [-0.25, -0.2) is 4.90 Å². The smallest absolute Gasteiger partial charge is 0.282 e. The molecule has 0 saturated carbocycles. The third-order valence-corrected chi connectivity index (χ3v) is 6.66. The molecule has 6 nitrogen and oxygen atoms in total. The number of ether oxygens (including phenoxy) is 1. The summed E-state index contributed by atoms with van der Waals surface area (Å²) in [5, 5.41) is 0.562. The summed E-state index contributed by atoms with van der Waals surface area (Å²) in [4.78, 5) is 33.2. The highest BCUT2D eigenvalue weighted by atomic mass is 35.5. The Morgan fingerprint density at radius 3 is 2.41 bits per heavy atom. The van der Waals surface area contributed by atoms with Crippen LogP contribution in [0.3, 0.4) is 0 Å². The molecule has 2 heterocycles. The fraction of sp³-hybridized carbons (Fsp3) is 0.360. The number of likely N-dealkylation sites (N-methyl/N-ethyl adjacent to an activating group) is 1. The topological polar surface area (TPSA) is 53.1 Å². The summed E-state index contributed by atoms with van der Waals surface area (Å²) >= 11 is 6.13. The number of anilines is 1. The molecule has 2 aliphatic heterocycles. The molecular weight excluding hydrogens is 426 g/mol. The van der Waals surface area contributed by atoms with Crippen LogP contribution in [0.2, 0.25) is 5.02 Å². The molecule has 1 fully saturated rings. The zero-order valence-electron chi connectivity index (χ0n) is 18.9. The molecule has 2 aromatic rings. The van der Waals surface area contributed by atoms with E-state index in [-0.39, 0.29) is 17.9 Å². The monoisotopic (exact) mass is 453 g/mol. The van der Waals surface area contributed by atoms with Crippen molar-refractivity contribution in [2.75, 3.05) is 39.2 Å². The number of methoxy groups -OCH3 is 1.